The summed E-state index contributed by atoms with van der Waals surface area (Å²) < 4.78 is 0. The molecule has 1 saturated carbocycles. The lowest BCUT2D eigenvalue weighted by Gasteiger charge is -2.22. The zero-order chi connectivity index (χ0) is 12.5. The number of alkyl halides is 1. The minimum Gasteiger partial charge on any atom is -0.353 e. The van der Waals surface area contributed by atoms with Crippen LogP contribution in [0.2, 0.25) is 0 Å². The molecule has 0 aromatic heterocycles. The van der Waals surface area contributed by atoms with Crippen LogP contribution in [0.5, 0.6) is 0 Å². The summed E-state index contributed by atoms with van der Waals surface area (Å²) in [6, 6.07) is 0.355. The highest BCUT2D eigenvalue weighted by Crippen LogP contribution is 2.27. The van der Waals surface area contributed by atoms with Crippen LogP contribution in [0.3, 0.4) is 0 Å². The molecule has 0 saturated heterocycles. The molecule has 0 bridgehead atoms. The first kappa shape index (κ1) is 15.0. The summed E-state index contributed by atoms with van der Waals surface area (Å²) in [5.41, 5.74) is 0. The summed E-state index contributed by atoms with van der Waals surface area (Å²) in [5.74, 6) is 1.06. The molecule has 2 nitrogen and oxygen atoms in total. The minimum absolute atomic E-state index is 0.253. The van der Waals surface area contributed by atoms with Crippen molar-refractivity contribution in [2.45, 2.75) is 70.8 Å². The van der Waals surface area contributed by atoms with Crippen LogP contribution in [-0.2, 0) is 4.79 Å². The Balaban J connectivity index is 2.14. The van der Waals surface area contributed by atoms with E-state index in [4.69, 9.17) is 0 Å². The van der Waals surface area contributed by atoms with Gasteiger partial charge in [-0.25, -0.2) is 0 Å². The van der Waals surface area contributed by atoms with E-state index in [1.54, 1.807) is 0 Å². The van der Waals surface area contributed by atoms with Crippen molar-refractivity contribution >= 4 is 21.8 Å². The molecule has 100 valence electrons. The number of amides is 1. The van der Waals surface area contributed by atoms with E-state index < -0.39 is 0 Å². The van der Waals surface area contributed by atoms with Crippen LogP contribution in [0.25, 0.3) is 0 Å². The zero-order valence-electron chi connectivity index (χ0n) is 11.0. The number of carbonyl (C=O) groups excluding carboxylic acids is 1. The predicted molar refractivity (Wildman–Crippen MR) is 76.4 cm³/mol. The van der Waals surface area contributed by atoms with Gasteiger partial charge < -0.3 is 5.32 Å². The largest absolute Gasteiger partial charge is 0.353 e. The summed E-state index contributed by atoms with van der Waals surface area (Å²) in [6.45, 7) is 2.13. The van der Waals surface area contributed by atoms with Crippen LogP contribution in [-0.4, -0.2) is 17.3 Å². The molecule has 1 rings (SSSR count). The Morgan fingerprint density at radius 2 is 2.06 bits per heavy atom. The molecule has 0 aromatic carbocycles. The standard InChI is InChI=1S/C14H26BrNO/c1-2-13(10-11-15)16-14(17)9-8-12-6-4-3-5-7-12/h12-13H,2-11H2,1H3,(H,16,17). The molecular weight excluding hydrogens is 278 g/mol. The Kier molecular flexibility index (Phi) is 7.91. The average molecular weight is 304 g/mol. The number of nitrogens with one attached hydrogen (secondary N) is 1. The van der Waals surface area contributed by atoms with Gasteiger partial charge in [0.1, 0.15) is 0 Å². The second kappa shape index (κ2) is 8.96. The van der Waals surface area contributed by atoms with Gasteiger partial charge in [-0.2, -0.15) is 0 Å². The van der Waals surface area contributed by atoms with E-state index in [1.165, 1.54) is 32.1 Å². The summed E-state index contributed by atoms with van der Waals surface area (Å²) in [5, 5.41) is 4.10. The normalized spacial score (nSPS) is 18.9. The van der Waals surface area contributed by atoms with E-state index in [9.17, 15) is 4.79 Å². The average Bonchev–Trinajstić information content (AvgIpc) is 2.37. The molecule has 0 aliphatic heterocycles. The maximum absolute atomic E-state index is 11.8. The molecule has 1 unspecified atom stereocenters. The predicted octanol–water partition coefficient (Wildman–Crippen LogP) is 4.03. The first-order valence-corrected chi connectivity index (χ1v) is 8.23. The fraction of sp³-hybridized carbons (Fsp3) is 0.929. The van der Waals surface area contributed by atoms with Crippen LogP contribution in [0, 0.1) is 5.92 Å². The van der Waals surface area contributed by atoms with Gasteiger partial charge in [-0.15, -0.1) is 0 Å². The second-order valence-electron chi connectivity index (χ2n) is 5.19. The molecule has 1 atom stereocenters. The molecule has 0 heterocycles. The van der Waals surface area contributed by atoms with Gasteiger partial charge in [0.25, 0.3) is 0 Å². The highest BCUT2D eigenvalue weighted by Gasteiger charge is 2.16. The Morgan fingerprint density at radius 1 is 1.35 bits per heavy atom. The van der Waals surface area contributed by atoms with Gasteiger partial charge >= 0.3 is 0 Å². The first-order chi connectivity index (χ1) is 8.26. The molecule has 0 spiro atoms. The highest BCUT2D eigenvalue weighted by molar-refractivity contribution is 9.09. The summed E-state index contributed by atoms with van der Waals surface area (Å²) in [4.78, 5) is 11.8. The Labute approximate surface area is 114 Å². The lowest BCUT2D eigenvalue weighted by atomic mass is 9.86. The Bertz CT molecular complexity index is 214. The van der Waals surface area contributed by atoms with Crippen LogP contribution in [0.15, 0.2) is 0 Å². The van der Waals surface area contributed by atoms with Gasteiger partial charge in [-0.1, -0.05) is 55.0 Å². The third kappa shape index (κ3) is 6.44. The van der Waals surface area contributed by atoms with E-state index in [2.05, 4.69) is 28.2 Å². The minimum atomic E-state index is 0.253. The SMILES string of the molecule is CCC(CCBr)NC(=O)CCC1CCCCC1. The van der Waals surface area contributed by atoms with Crippen LogP contribution in [0.1, 0.15) is 64.7 Å². The van der Waals surface area contributed by atoms with Gasteiger partial charge in [0.15, 0.2) is 0 Å². The zero-order valence-corrected chi connectivity index (χ0v) is 12.6. The topological polar surface area (TPSA) is 29.1 Å². The van der Waals surface area contributed by atoms with Gasteiger partial charge in [-0.05, 0) is 25.2 Å². The second-order valence-corrected chi connectivity index (χ2v) is 5.99. The van der Waals surface area contributed by atoms with Crippen molar-refractivity contribution in [3.8, 4) is 0 Å². The van der Waals surface area contributed by atoms with Crippen LogP contribution >= 0.6 is 15.9 Å². The van der Waals surface area contributed by atoms with E-state index >= 15 is 0 Å². The van der Waals surface area contributed by atoms with Crippen molar-refractivity contribution in [3.05, 3.63) is 0 Å². The molecule has 17 heavy (non-hydrogen) atoms. The molecule has 1 aliphatic rings. The fourth-order valence-electron chi connectivity index (χ4n) is 2.62. The summed E-state index contributed by atoms with van der Waals surface area (Å²) >= 11 is 3.43. The first-order valence-electron chi connectivity index (χ1n) is 7.11. The molecule has 1 amide bonds. The third-order valence-corrected chi connectivity index (χ3v) is 4.28. The van der Waals surface area contributed by atoms with Gasteiger partial charge in [0, 0.05) is 17.8 Å². The summed E-state index contributed by atoms with van der Waals surface area (Å²) in [6.07, 6.45) is 10.7. The molecule has 1 fully saturated rings. The van der Waals surface area contributed by atoms with Crippen molar-refractivity contribution in [3.63, 3.8) is 0 Å². The van der Waals surface area contributed by atoms with Gasteiger partial charge in [-0.3, -0.25) is 4.79 Å². The molecule has 1 aliphatic carbocycles. The van der Waals surface area contributed by atoms with E-state index in [1.807, 2.05) is 0 Å². The van der Waals surface area contributed by atoms with Crippen molar-refractivity contribution in [1.29, 1.82) is 0 Å². The van der Waals surface area contributed by atoms with Crippen molar-refractivity contribution in [2.75, 3.05) is 5.33 Å². The van der Waals surface area contributed by atoms with E-state index in [-0.39, 0.29) is 5.91 Å². The van der Waals surface area contributed by atoms with Crippen LogP contribution < -0.4 is 5.32 Å². The molecule has 3 heteroatoms. The lowest BCUT2D eigenvalue weighted by molar-refractivity contribution is -0.122. The maximum atomic E-state index is 11.8. The number of rotatable bonds is 7. The van der Waals surface area contributed by atoms with Crippen LogP contribution in [0.4, 0.5) is 0 Å². The molecular formula is C14H26BrNO. The van der Waals surface area contributed by atoms with Crippen molar-refractivity contribution < 1.29 is 4.79 Å². The lowest BCUT2D eigenvalue weighted by Crippen LogP contribution is -2.34. The Morgan fingerprint density at radius 3 is 2.65 bits per heavy atom. The number of hydrogen-bond acceptors (Lipinski definition) is 1. The number of carbonyl (C=O) groups is 1. The third-order valence-electron chi connectivity index (χ3n) is 3.82. The van der Waals surface area contributed by atoms with Crippen molar-refractivity contribution in [1.82, 2.24) is 5.32 Å². The molecule has 0 radical (unpaired) electrons. The van der Waals surface area contributed by atoms with Crippen molar-refractivity contribution in [2.24, 2.45) is 5.92 Å². The quantitative estimate of drug-likeness (QED) is 0.707. The molecule has 0 aromatic rings. The number of hydrogen-bond donors (Lipinski definition) is 1. The monoisotopic (exact) mass is 303 g/mol. The number of halogens is 1. The molecule has 1 N–H and O–H groups in total. The van der Waals surface area contributed by atoms with Gasteiger partial charge in [0.2, 0.25) is 5.91 Å². The fourth-order valence-corrected chi connectivity index (χ4v) is 3.17. The van der Waals surface area contributed by atoms with E-state index in [0.717, 1.165) is 36.9 Å². The summed E-state index contributed by atoms with van der Waals surface area (Å²) in [7, 11) is 0. The van der Waals surface area contributed by atoms with Gasteiger partial charge in [0.05, 0.1) is 0 Å². The van der Waals surface area contributed by atoms with E-state index in [0.29, 0.717) is 6.04 Å². The maximum Gasteiger partial charge on any atom is 0.220 e. The Hall–Kier alpha value is -0.0500. The highest BCUT2D eigenvalue weighted by atomic mass is 79.9. The smallest absolute Gasteiger partial charge is 0.220 e.